The summed E-state index contributed by atoms with van der Waals surface area (Å²) in [7, 11) is 1.66. The molecular weight excluding hydrogens is 422 g/mol. The minimum Gasteiger partial charge on any atom is -0.497 e. The fourth-order valence-electron chi connectivity index (χ4n) is 2.56. The average Bonchev–Trinajstić information content (AvgIpc) is 2.72. The highest BCUT2D eigenvalue weighted by molar-refractivity contribution is 9.10. The third kappa shape index (κ3) is 5.55. The van der Waals surface area contributed by atoms with E-state index in [0.717, 1.165) is 32.7 Å². The van der Waals surface area contributed by atoms with Gasteiger partial charge in [0.25, 0.3) is 0 Å². The molecule has 0 bridgehead atoms. The van der Waals surface area contributed by atoms with Crippen molar-refractivity contribution in [2.24, 2.45) is 0 Å². The summed E-state index contributed by atoms with van der Waals surface area (Å²) in [5.74, 6) is 1.60. The fraction of sp³-hybridized carbons (Fsp3) is 0.136. The van der Waals surface area contributed by atoms with E-state index in [-0.39, 0.29) is 0 Å². The number of thiocarbonyl (C=S) groups is 1. The number of rotatable bonds is 7. The molecule has 0 saturated carbocycles. The van der Waals surface area contributed by atoms with Gasteiger partial charge in [-0.15, -0.1) is 0 Å². The quantitative estimate of drug-likeness (QED) is 0.490. The first-order valence-electron chi connectivity index (χ1n) is 8.53. The Balaban J connectivity index is 1.68. The van der Waals surface area contributed by atoms with Crippen molar-refractivity contribution in [3.63, 3.8) is 0 Å². The first-order valence-corrected chi connectivity index (χ1v) is 9.73. The summed E-state index contributed by atoms with van der Waals surface area (Å²) in [5, 5.41) is 3.31. The highest BCUT2D eigenvalue weighted by Gasteiger charge is 2.10. The topological polar surface area (TPSA) is 30.5 Å². The van der Waals surface area contributed by atoms with Gasteiger partial charge in [-0.2, -0.15) is 0 Å². The van der Waals surface area contributed by atoms with Gasteiger partial charge in [-0.3, -0.25) is 0 Å². The van der Waals surface area contributed by atoms with Crippen molar-refractivity contribution in [2.45, 2.75) is 13.2 Å². The van der Waals surface area contributed by atoms with Crippen molar-refractivity contribution >= 4 is 33.1 Å². The van der Waals surface area contributed by atoms with Crippen molar-refractivity contribution < 1.29 is 9.47 Å². The summed E-state index contributed by atoms with van der Waals surface area (Å²) in [6.07, 6.45) is 0. The molecule has 0 saturated heterocycles. The number of methoxy groups -OCH3 is 1. The van der Waals surface area contributed by atoms with E-state index in [2.05, 4.69) is 21.2 Å². The van der Waals surface area contributed by atoms with Crippen molar-refractivity contribution in [3.8, 4) is 11.5 Å². The van der Waals surface area contributed by atoms with E-state index in [1.165, 1.54) is 0 Å². The van der Waals surface area contributed by atoms with Gasteiger partial charge in [-0.05, 0) is 41.5 Å². The maximum absolute atomic E-state index is 6.02. The summed E-state index contributed by atoms with van der Waals surface area (Å²) < 4.78 is 12.2. The minimum absolute atomic E-state index is 0.497. The van der Waals surface area contributed by atoms with Crippen LogP contribution in [0.1, 0.15) is 16.7 Å². The molecule has 138 valence electrons. The smallest absolute Gasteiger partial charge is 0.130 e. The molecule has 3 aromatic rings. The molecule has 0 unspecified atom stereocenters. The van der Waals surface area contributed by atoms with Crippen LogP contribution in [0.3, 0.4) is 0 Å². The average molecular weight is 442 g/mol. The summed E-state index contributed by atoms with van der Waals surface area (Å²) in [6.45, 7) is 1.13. The Morgan fingerprint density at radius 3 is 2.41 bits per heavy atom. The van der Waals surface area contributed by atoms with Gasteiger partial charge in [0.1, 0.15) is 23.1 Å². The van der Waals surface area contributed by atoms with E-state index in [1.54, 1.807) is 7.11 Å². The second kappa shape index (κ2) is 9.53. The standard InChI is InChI=1S/C22H20BrNO2S/c1-25-19-10-7-16(8-11-19)14-24-22(27)20-13-18(23)9-12-21(20)26-15-17-5-3-2-4-6-17/h2-13H,14-15H2,1H3,(H,24,27). The monoisotopic (exact) mass is 441 g/mol. The predicted octanol–water partition coefficient (Wildman–Crippen LogP) is 5.50. The molecule has 27 heavy (non-hydrogen) atoms. The van der Waals surface area contributed by atoms with Gasteiger partial charge < -0.3 is 14.8 Å². The second-order valence-corrected chi connectivity index (χ2v) is 7.27. The minimum atomic E-state index is 0.497. The van der Waals surface area contributed by atoms with Gasteiger partial charge in [0.2, 0.25) is 0 Å². The van der Waals surface area contributed by atoms with Crippen LogP contribution in [0, 0.1) is 0 Å². The lowest BCUT2D eigenvalue weighted by molar-refractivity contribution is 0.305. The van der Waals surface area contributed by atoms with Crippen LogP contribution >= 0.6 is 28.1 Å². The summed E-state index contributed by atoms with van der Waals surface area (Å²) >= 11 is 9.13. The largest absolute Gasteiger partial charge is 0.497 e. The maximum Gasteiger partial charge on any atom is 0.130 e. The number of ether oxygens (including phenoxy) is 2. The van der Waals surface area contributed by atoms with E-state index in [9.17, 15) is 0 Å². The highest BCUT2D eigenvalue weighted by Crippen LogP contribution is 2.25. The van der Waals surface area contributed by atoms with Gasteiger partial charge in [-0.1, -0.05) is 70.6 Å². The zero-order valence-electron chi connectivity index (χ0n) is 14.9. The molecule has 0 fully saturated rings. The zero-order valence-corrected chi connectivity index (χ0v) is 17.3. The molecule has 3 aromatic carbocycles. The molecule has 0 atom stereocenters. The van der Waals surface area contributed by atoms with Gasteiger partial charge in [0.15, 0.2) is 0 Å². The van der Waals surface area contributed by atoms with Crippen molar-refractivity contribution in [3.05, 3.63) is 94.0 Å². The van der Waals surface area contributed by atoms with Crippen LogP contribution in [0.25, 0.3) is 0 Å². The van der Waals surface area contributed by atoms with Crippen LogP contribution in [0.5, 0.6) is 11.5 Å². The van der Waals surface area contributed by atoms with Crippen molar-refractivity contribution in [1.82, 2.24) is 5.32 Å². The normalized spacial score (nSPS) is 10.3. The zero-order chi connectivity index (χ0) is 19.1. The first kappa shape index (κ1) is 19.4. The van der Waals surface area contributed by atoms with Crippen molar-refractivity contribution in [1.29, 1.82) is 0 Å². The SMILES string of the molecule is COc1ccc(CNC(=S)c2cc(Br)ccc2OCc2ccccc2)cc1. The van der Waals surface area contributed by atoms with E-state index in [0.29, 0.717) is 18.1 Å². The molecular formula is C22H20BrNO2S. The Morgan fingerprint density at radius 1 is 0.963 bits per heavy atom. The third-order valence-electron chi connectivity index (χ3n) is 4.04. The fourth-order valence-corrected chi connectivity index (χ4v) is 3.15. The number of nitrogens with one attached hydrogen (secondary N) is 1. The van der Waals surface area contributed by atoms with E-state index >= 15 is 0 Å². The maximum atomic E-state index is 6.02. The molecule has 0 aliphatic carbocycles. The van der Waals surface area contributed by atoms with Crippen molar-refractivity contribution in [2.75, 3.05) is 7.11 Å². The Hall–Kier alpha value is -2.37. The summed E-state index contributed by atoms with van der Waals surface area (Å²) in [6, 6.07) is 23.9. The molecule has 0 amide bonds. The molecule has 0 aliphatic rings. The number of halogens is 1. The Morgan fingerprint density at radius 2 is 1.70 bits per heavy atom. The molecule has 0 aromatic heterocycles. The van der Waals surface area contributed by atoms with E-state index in [4.69, 9.17) is 21.7 Å². The van der Waals surface area contributed by atoms with Crippen LogP contribution in [-0.2, 0) is 13.2 Å². The summed E-state index contributed by atoms with van der Waals surface area (Å²) in [5.41, 5.74) is 3.10. The number of benzene rings is 3. The van der Waals surface area contributed by atoms with Crippen LogP contribution in [0.15, 0.2) is 77.3 Å². The summed E-state index contributed by atoms with van der Waals surface area (Å²) in [4.78, 5) is 0.648. The first-order chi connectivity index (χ1) is 13.2. The molecule has 3 rings (SSSR count). The van der Waals surface area contributed by atoms with Gasteiger partial charge in [-0.25, -0.2) is 0 Å². The number of hydrogen-bond donors (Lipinski definition) is 1. The predicted molar refractivity (Wildman–Crippen MR) is 116 cm³/mol. The molecule has 0 aliphatic heterocycles. The lowest BCUT2D eigenvalue weighted by atomic mass is 10.1. The Kier molecular flexibility index (Phi) is 6.85. The van der Waals surface area contributed by atoms with Gasteiger partial charge >= 0.3 is 0 Å². The molecule has 3 nitrogen and oxygen atoms in total. The molecule has 0 heterocycles. The molecule has 5 heteroatoms. The number of hydrogen-bond acceptors (Lipinski definition) is 3. The lowest BCUT2D eigenvalue weighted by Crippen LogP contribution is -2.22. The second-order valence-electron chi connectivity index (χ2n) is 5.95. The van der Waals surface area contributed by atoms with E-state index in [1.807, 2.05) is 72.8 Å². The molecule has 0 radical (unpaired) electrons. The van der Waals surface area contributed by atoms with Crippen LogP contribution in [0.4, 0.5) is 0 Å². The van der Waals surface area contributed by atoms with E-state index < -0.39 is 0 Å². The molecule has 1 N–H and O–H groups in total. The lowest BCUT2D eigenvalue weighted by Gasteiger charge is -2.14. The third-order valence-corrected chi connectivity index (χ3v) is 4.89. The Bertz CT molecular complexity index is 898. The van der Waals surface area contributed by atoms with Gasteiger partial charge in [0, 0.05) is 11.0 Å². The molecule has 0 spiro atoms. The van der Waals surface area contributed by atoms with Gasteiger partial charge in [0.05, 0.1) is 12.7 Å². The van der Waals surface area contributed by atoms with Crippen LogP contribution in [0.2, 0.25) is 0 Å². The van der Waals surface area contributed by atoms with Crippen LogP contribution in [-0.4, -0.2) is 12.1 Å². The highest BCUT2D eigenvalue weighted by atomic mass is 79.9. The Labute approximate surface area is 173 Å². The van der Waals surface area contributed by atoms with Crippen LogP contribution < -0.4 is 14.8 Å².